The molecule has 0 aliphatic carbocycles. The standard InChI is InChI=1S/C13H16BrN3O2S/c1-9-13(10(2)17-16-9)20(18,19)15-8-12-5-3-4-11(6-12)7-14/h3-6,15H,7-8H2,1-2H3,(H,16,17). The van der Waals surface area contributed by atoms with Crippen LogP contribution in [-0.4, -0.2) is 18.6 Å². The maximum atomic E-state index is 12.3. The highest BCUT2D eigenvalue weighted by Gasteiger charge is 2.21. The summed E-state index contributed by atoms with van der Waals surface area (Å²) in [5, 5.41) is 7.34. The highest BCUT2D eigenvalue weighted by Crippen LogP contribution is 2.17. The lowest BCUT2D eigenvalue weighted by atomic mass is 10.1. The van der Waals surface area contributed by atoms with Crippen molar-refractivity contribution in [1.29, 1.82) is 0 Å². The fraction of sp³-hybridized carbons (Fsp3) is 0.308. The number of alkyl halides is 1. The van der Waals surface area contributed by atoms with Crippen molar-refractivity contribution in [2.75, 3.05) is 0 Å². The van der Waals surface area contributed by atoms with Gasteiger partial charge >= 0.3 is 0 Å². The minimum atomic E-state index is -3.55. The lowest BCUT2D eigenvalue weighted by Gasteiger charge is -2.08. The van der Waals surface area contributed by atoms with Gasteiger partial charge in [0.05, 0.1) is 11.4 Å². The second-order valence-corrected chi connectivity index (χ2v) is 6.81. The van der Waals surface area contributed by atoms with Crippen LogP contribution in [0.25, 0.3) is 0 Å². The minimum Gasteiger partial charge on any atom is -0.281 e. The van der Waals surface area contributed by atoms with Gasteiger partial charge in [0.2, 0.25) is 10.0 Å². The number of H-pyrrole nitrogens is 1. The van der Waals surface area contributed by atoms with Crippen LogP contribution < -0.4 is 4.72 Å². The molecule has 1 heterocycles. The van der Waals surface area contributed by atoms with E-state index >= 15 is 0 Å². The van der Waals surface area contributed by atoms with E-state index in [2.05, 4.69) is 30.8 Å². The number of halogens is 1. The first-order valence-electron chi connectivity index (χ1n) is 6.09. The second kappa shape index (κ2) is 6.07. The topological polar surface area (TPSA) is 74.8 Å². The smallest absolute Gasteiger partial charge is 0.244 e. The van der Waals surface area contributed by atoms with Crippen molar-refractivity contribution in [2.45, 2.75) is 30.6 Å². The van der Waals surface area contributed by atoms with Crippen molar-refractivity contribution in [3.05, 3.63) is 46.8 Å². The van der Waals surface area contributed by atoms with Crippen molar-refractivity contribution in [3.63, 3.8) is 0 Å². The molecule has 2 aromatic rings. The monoisotopic (exact) mass is 357 g/mol. The van der Waals surface area contributed by atoms with E-state index in [0.29, 0.717) is 11.4 Å². The number of sulfonamides is 1. The van der Waals surface area contributed by atoms with Crippen molar-refractivity contribution >= 4 is 26.0 Å². The van der Waals surface area contributed by atoms with Crippen LogP contribution in [0.4, 0.5) is 0 Å². The van der Waals surface area contributed by atoms with Crippen LogP contribution in [0.1, 0.15) is 22.5 Å². The molecule has 108 valence electrons. The minimum absolute atomic E-state index is 0.231. The van der Waals surface area contributed by atoms with Gasteiger partial charge in [-0.2, -0.15) is 5.10 Å². The summed E-state index contributed by atoms with van der Waals surface area (Å²) in [7, 11) is -3.55. The number of aromatic amines is 1. The van der Waals surface area contributed by atoms with Gasteiger partial charge in [0.25, 0.3) is 0 Å². The molecule has 0 atom stereocenters. The van der Waals surface area contributed by atoms with Gasteiger partial charge < -0.3 is 0 Å². The summed E-state index contributed by atoms with van der Waals surface area (Å²) in [6.07, 6.45) is 0. The first kappa shape index (κ1) is 15.2. The van der Waals surface area contributed by atoms with Crippen LogP contribution in [0.2, 0.25) is 0 Å². The number of nitrogens with zero attached hydrogens (tertiary/aromatic N) is 1. The molecule has 2 rings (SSSR count). The average molecular weight is 358 g/mol. The van der Waals surface area contributed by atoms with E-state index in [-0.39, 0.29) is 11.4 Å². The molecule has 20 heavy (non-hydrogen) atoms. The number of nitrogens with one attached hydrogen (secondary N) is 2. The van der Waals surface area contributed by atoms with E-state index in [0.717, 1.165) is 16.5 Å². The molecule has 0 aliphatic heterocycles. The number of hydrogen-bond donors (Lipinski definition) is 2. The molecule has 7 heteroatoms. The summed E-state index contributed by atoms with van der Waals surface area (Å²) in [6.45, 7) is 3.62. The molecule has 0 radical (unpaired) electrons. The second-order valence-electron chi connectivity index (χ2n) is 4.54. The molecule has 5 nitrogen and oxygen atoms in total. The SMILES string of the molecule is Cc1n[nH]c(C)c1S(=O)(=O)NCc1cccc(CBr)c1. The third-order valence-corrected chi connectivity index (χ3v) is 5.25. The third kappa shape index (κ3) is 3.28. The van der Waals surface area contributed by atoms with E-state index in [1.54, 1.807) is 13.8 Å². The Labute approximate surface area is 127 Å². The van der Waals surface area contributed by atoms with Crippen molar-refractivity contribution < 1.29 is 8.42 Å². The highest BCUT2D eigenvalue weighted by molar-refractivity contribution is 9.08. The summed E-state index contributed by atoms with van der Waals surface area (Å²) in [6, 6.07) is 7.75. The van der Waals surface area contributed by atoms with Crippen molar-refractivity contribution in [2.24, 2.45) is 0 Å². The Bertz CT molecular complexity index is 691. The van der Waals surface area contributed by atoms with Gasteiger partial charge in [0, 0.05) is 11.9 Å². The Morgan fingerprint density at radius 3 is 2.60 bits per heavy atom. The molecule has 0 saturated carbocycles. The number of rotatable bonds is 5. The maximum Gasteiger partial charge on any atom is 0.244 e. The Kier molecular flexibility index (Phi) is 4.62. The van der Waals surface area contributed by atoms with Gasteiger partial charge in [0.1, 0.15) is 4.90 Å². The Hall–Kier alpha value is -1.18. The summed E-state index contributed by atoms with van der Waals surface area (Å²) in [5.41, 5.74) is 3.05. The number of benzene rings is 1. The van der Waals surface area contributed by atoms with Gasteiger partial charge in [-0.05, 0) is 25.0 Å². The van der Waals surface area contributed by atoms with Gasteiger partial charge in [-0.3, -0.25) is 5.10 Å². The van der Waals surface area contributed by atoms with Crippen LogP contribution >= 0.6 is 15.9 Å². The van der Waals surface area contributed by atoms with Gasteiger partial charge in [-0.25, -0.2) is 13.1 Å². The number of aryl methyl sites for hydroxylation is 2. The molecule has 1 aromatic heterocycles. The Morgan fingerprint density at radius 1 is 1.30 bits per heavy atom. The first-order chi connectivity index (χ1) is 9.44. The number of aromatic nitrogens is 2. The predicted octanol–water partition coefficient (Wildman–Crippen LogP) is 2.40. The Balaban J connectivity index is 2.17. The van der Waals surface area contributed by atoms with Crippen LogP contribution in [0.3, 0.4) is 0 Å². The molecule has 0 aliphatic rings. The largest absolute Gasteiger partial charge is 0.281 e. The molecular formula is C13H16BrN3O2S. The lowest BCUT2D eigenvalue weighted by Crippen LogP contribution is -2.24. The van der Waals surface area contributed by atoms with Crippen LogP contribution in [0.15, 0.2) is 29.2 Å². The van der Waals surface area contributed by atoms with Crippen LogP contribution in [0, 0.1) is 13.8 Å². The normalized spacial score (nSPS) is 11.8. The lowest BCUT2D eigenvalue weighted by molar-refractivity contribution is 0.580. The van der Waals surface area contributed by atoms with E-state index in [1.807, 2.05) is 24.3 Å². The quantitative estimate of drug-likeness (QED) is 0.806. The van der Waals surface area contributed by atoms with Gasteiger partial charge in [-0.15, -0.1) is 0 Å². The number of hydrogen-bond acceptors (Lipinski definition) is 3. The summed E-state index contributed by atoms with van der Waals surface area (Å²) >= 11 is 3.38. The van der Waals surface area contributed by atoms with Crippen LogP contribution in [0.5, 0.6) is 0 Å². The molecule has 2 N–H and O–H groups in total. The molecule has 1 aromatic carbocycles. The van der Waals surface area contributed by atoms with Crippen molar-refractivity contribution in [3.8, 4) is 0 Å². The van der Waals surface area contributed by atoms with E-state index < -0.39 is 10.0 Å². The molecule has 0 spiro atoms. The van der Waals surface area contributed by atoms with E-state index in [1.165, 1.54) is 0 Å². The fourth-order valence-electron chi connectivity index (χ4n) is 2.01. The molecular weight excluding hydrogens is 342 g/mol. The van der Waals surface area contributed by atoms with Crippen LogP contribution in [-0.2, 0) is 21.9 Å². The van der Waals surface area contributed by atoms with E-state index in [4.69, 9.17) is 0 Å². The fourth-order valence-corrected chi connectivity index (χ4v) is 3.74. The highest BCUT2D eigenvalue weighted by atomic mass is 79.9. The molecule has 0 amide bonds. The zero-order valence-corrected chi connectivity index (χ0v) is 13.7. The molecule has 0 bridgehead atoms. The molecule has 0 saturated heterocycles. The van der Waals surface area contributed by atoms with Crippen molar-refractivity contribution in [1.82, 2.24) is 14.9 Å². The molecule has 0 fully saturated rings. The average Bonchev–Trinajstić information content (AvgIpc) is 2.77. The predicted molar refractivity (Wildman–Crippen MR) is 81.2 cm³/mol. The Morgan fingerprint density at radius 2 is 2.00 bits per heavy atom. The zero-order valence-electron chi connectivity index (χ0n) is 11.3. The molecule has 0 unspecified atom stereocenters. The summed E-state index contributed by atoms with van der Waals surface area (Å²) in [5.74, 6) is 0. The third-order valence-electron chi connectivity index (χ3n) is 2.94. The maximum absolute atomic E-state index is 12.3. The van der Waals surface area contributed by atoms with E-state index in [9.17, 15) is 8.42 Å². The van der Waals surface area contributed by atoms with Gasteiger partial charge in [0.15, 0.2) is 0 Å². The summed E-state index contributed by atoms with van der Waals surface area (Å²) in [4.78, 5) is 0.231. The summed E-state index contributed by atoms with van der Waals surface area (Å²) < 4.78 is 27.2. The van der Waals surface area contributed by atoms with Gasteiger partial charge in [-0.1, -0.05) is 40.2 Å². The first-order valence-corrected chi connectivity index (χ1v) is 8.69. The zero-order chi connectivity index (χ0) is 14.8.